The van der Waals surface area contributed by atoms with Gasteiger partial charge in [0, 0.05) is 26.3 Å². The molecule has 0 saturated carbocycles. The molecule has 2 aromatic heterocycles. The highest BCUT2D eigenvalue weighted by Crippen LogP contribution is 2.24. The first-order valence-electron chi connectivity index (χ1n) is 9.40. The number of aryl methyl sites for hydroxylation is 1. The van der Waals surface area contributed by atoms with Gasteiger partial charge in [0.2, 0.25) is 0 Å². The van der Waals surface area contributed by atoms with Gasteiger partial charge in [0.15, 0.2) is 5.65 Å². The van der Waals surface area contributed by atoms with Crippen LogP contribution in [0.2, 0.25) is 0 Å². The van der Waals surface area contributed by atoms with Gasteiger partial charge in [-0.1, -0.05) is 12.1 Å². The molecule has 1 fully saturated rings. The topological polar surface area (TPSA) is 88.3 Å². The van der Waals surface area contributed by atoms with E-state index >= 15 is 0 Å². The summed E-state index contributed by atoms with van der Waals surface area (Å²) in [5.74, 6) is -0.461. The highest BCUT2D eigenvalue weighted by Gasteiger charge is 2.24. The average Bonchev–Trinajstić information content (AvgIpc) is 3.08. The number of aromatic nitrogens is 3. The molecule has 7 nitrogen and oxygen atoms in total. The Morgan fingerprint density at radius 1 is 1.14 bits per heavy atom. The van der Waals surface area contributed by atoms with E-state index in [2.05, 4.69) is 9.97 Å². The first-order valence-corrected chi connectivity index (χ1v) is 9.40. The van der Waals surface area contributed by atoms with Crippen molar-refractivity contribution in [3.05, 3.63) is 59.5 Å². The van der Waals surface area contributed by atoms with Gasteiger partial charge in [-0.3, -0.25) is 4.79 Å². The fraction of sp³-hybridized carbons (Fsp3) is 0.333. The lowest BCUT2D eigenvalue weighted by Crippen LogP contribution is -2.39. The number of benzene rings is 1. The zero-order valence-corrected chi connectivity index (χ0v) is 15.7. The molecular formula is C21H22N4O3. The molecule has 1 aromatic carbocycles. The number of carboxylic acid groups (broad SMARTS) is 1. The molecule has 0 spiro atoms. The van der Waals surface area contributed by atoms with Crippen LogP contribution in [0.1, 0.15) is 39.1 Å². The predicted octanol–water partition coefficient (Wildman–Crippen LogP) is 2.76. The molecule has 1 amide bonds. The van der Waals surface area contributed by atoms with Crippen molar-refractivity contribution in [1.29, 1.82) is 0 Å². The maximum Gasteiger partial charge on any atom is 0.335 e. The zero-order valence-electron chi connectivity index (χ0n) is 15.7. The molecule has 0 atom stereocenters. The fourth-order valence-corrected chi connectivity index (χ4v) is 3.82. The van der Waals surface area contributed by atoms with Gasteiger partial charge in [-0.15, -0.1) is 0 Å². The minimum Gasteiger partial charge on any atom is -0.478 e. The van der Waals surface area contributed by atoms with E-state index in [-0.39, 0.29) is 5.91 Å². The minimum atomic E-state index is -0.902. The number of fused-ring (bicyclic) bond motifs is 1. The Kier molecular flexibility index (Phi) is 4.81. The van der Waals surface area contributed by atoms with Crippen molar-refractivity contribution < 1.29 is 14.7 Å². The third-order valence-corrected chi connectivity index (χ3v) is 5.40. The van der Waals surface area contributed by atoms with Crippen molar-refractivity contribution in [1.82, 2.24) is 19.4 Å². The van der Waals surface area contributed by atoms with E-state index in [0.29, 0.717) is 30.1 Å². The number of aromatic carboxylic acids is 1. The Balaban J connectivity index is 1.38. The third kappa shape index (κ3) is 3.60. The van der Waals surface area contributed by atoms with E-state index < -0.39 is 5.97 Å². The number of carbonyl (C=O) groups excluding carboxylic acids is 1. The number of rotatable bonds is 4. The number of amides is 1. The fourth-order valence-electron chi connectivity index (χ4n) is 3.82. The molecule has 0 radical (unpaired) electrons. The second kappa shape index (κ2) is 7.42. The number of hydrogen-bond acceptors (Lipinski definition) is 4. The van der Waals surface area contributed by atoms with Crippen LogP contribution in [0.15, 0.2) is 42.9 Å². The summed E-state index contributed by atoms with van der Waals surface area (Å²) in [5.41, 5.74) is 3.41. The third-order valence-electron chi connectivity index (χ3n) is 5.40. The normalized spacial score (nSPS) is 15.1. The molecule has 1 saturated heterocycles. The van der Waals surface area contributed by atoms with E-state index in [4.69, 9.17) is 5.11 Å². The van der Waals surface area contributed by atoms with Gasteiger partial charge in [-0.05, 0) is 48.9 Å². The Hall–Kier alpha value is -3.22. The van der Waals surface area contributed by atoms with Crippen molar-refractivity contribution in [2.45, 2.75) is 19.3 Å². The lowest BCUT2D eigenvalue weighted by Gasteiger charge is -2.32. The molecule has 1 aliphatic rings. The van der Waals surface area contributed by atoms with Crippen molar-refractivity contribution in [2.75, 3.05) is 13.1 Å². The maximum absolute atomic E-state index is 12.8. The van der Waals surface area contributed by atoms with Crippen molar-refractivity contribution in [3.8, 4) is 0 Å². The maximum atomic E-state index is 12.8. The average molecular weight is 378 g/mol. The molecular weight excluding hydrogens is 356 g/mol. The first kappa shape index (κ1) is 18.2. The number of nitrogens with zero attached hydrogens (tertiary/aromatic N) is 4. The molecule has 0 aliphatic carbocycles. The second-order valence-corrected chi connectivity index (χ2v) is 7.37. The van der Waals surface area contributed by atoms with Crippen LogP contribution in [0.4, 0.5) is 0 Å². The Bertz CT molecular complexity index is 1040. The lowest BCUT2D eigenvalue weighted by molar-refractivity contribution is 0.0681. The van der Waals surface area contributed by atoms with Gasteiger partial charge < -0.3 is 14.6 Å². The van der Waals surface area contributed by atoms with Gasteiger partial charge in [-0.25, -0.2) is 14.8 Å². The molecule has 0 unspecified atom stereocenters. The Morgan fingerprint density at radius 2 is 1.93 bits per heavy atom. The van der Waals surface area contributed by atoms with Crippen LogP contribution in [-0.4, -0.2) is 49.5 Å². The van der Waals surface area contributed by atoms with Gasteiger partial charge in [-0.2, -0.15) is 0 Å². The summed E-state index contributed by atoms with van der Waals surface area (Å²) in [5, 5.41) is 9.13. The number of piperidine rings is 1. The van der Waals surface area contributed by atoms with Gasteiger partial charge in [0.1, 0.15) is 5.52 Å². The van der Waals surface area contributed by atoms with Crippen LogP contribution in [0.5, 0.6) is 0 Å². The highest BCUT2D eigenvalue weighted by atomic mass is 16.4. The first-order chi connectivity index (χ1) is 13.5. The van der Waals surface area contributed by atoms with Crippen LogP contribution in [0, 0.1) is 5.92 Å². The lowest BCUT2D eigenvalue weighted by atomic mass is 9.89. The molecule has 4 rings (SSSR count). The summed E-state index contributed by atoms with van der Waals surface area (Å²) in [7, 11) is 1.88. The molecule has 1 N–H and O–H groups in total. The summed E-state index contributed by atoms with van der Waals surface area (Å²) < 4.78 is 1.83. The van der Waals surface area contributed by atoms with Crippen molar-refractivity contribution in [3.63, 3.8) is 0 Å². The van der Waals surface area contributed by atoms with Crippen molar-refractivity contribution in [2.24, 2.45) is 13.0 Å². The molecule has 0 bridgehead atoms. The largest absolute Gasteiger partial charge is 0.478 e. The number of carbonyl (C=O) groups is 2. The van der Waals surface area contributed by atoms with Gasteiger partial charge >= 0.3 is 5.97 Å². The van der Waals surface area contributed by atoms with Crippen LogP contribution in [-0.2, 0) is 13.5 Å². The van der Waals surface area contributed by atoms with Gasteiger partial charge in [0.05, 0.1) is 17.5 Å². The smallest absolute Gasteiger partial charge is 0.335 e. The molecule has 28 heavy (non-hydrogen) atoms. The second-order valence-electron chi connectivity index (χ2n) is 7.37. The van der Waals surface area contributed by atoms with Crippen LogP contribution in [0.25, 0.3) is 11.2 Å². The number of likely N-dealkylation sites (tertiary alicyclic amines) is 1. The SMILES string of the molecule is Cn1cnc2cc(C(=O)N3CCC(Cc4cccc(C(=O)O)c4)CC3)cnc21. The molecule has 144 valence electrons. The van der Waals surface area contributed by atoms with Crippen molar-refractivity contribution >= 4 is 23.0 Å². The Labute approximate surface area is 162 Å². The van der Waals surface area contributed by atoms with E-state index in [0.717, 1.165) is 36.0 Å². The summed E-state index contributed by atoms with van der Waals surface area (Å²) in [6, 6.07) is 8.91. The van der Waals surface area contributed by atoms with E-state index in [1.165, 1.54) is 0 Å². The van der Waals surface area contributed by atoms with Crippen LogP contribution in [0.3, 0.4) is 0 Å². The highest BCUT2D eigenvalue weighted by molar-refractivity contribution is 5.96. The quantitative estimate of drug-likeness (QED) is 0.754. The molecule has 3 aromatic rings. The molecule has 3 heterocycles. The summed E-state index contributed by atoms with van der Waals surface area (Å²) >= 11 is 0. The summed E-state index contributed by atoms with van der Waals surface area (Å²) in [4.78, 5) is 34.4. The molecule has 1 aliphatic heterocycles. The summed E-state index contributed by atoms with van der Waals surface area (Å²) in [6.07, 6.45) is 5.96. The zero-order chi connectivity index (χ0) is 19.7. The van der Waals surface area contributed by atoms with E-state index in [1.54, 1.807) is 36.8 Å². The van der Waals surface area contributed by atoms with E-state index in [1.807, 2.05) is 22.6 Å². The number of imidazole rings is 1. The number of pyridine rings is 1. The number of carboxylic acids is 1. The minimum absolute atomic E-state index is 0.00798. The monoisotopic (exact) mass is 378 g/mol. The van der Waals surface area contributed by atoms with Crippen LogP contribution < -0.4 is 0 Å². The predicted molar refractivity (Wildman–Crippen MR) is 104 cm³/mol. The molecule has 7 heteroatoms. The van der Waals surface area contributed by atoms with Gasteiger partial charge in [0.25, 0.3) is 5.91 Å². The van der Waals surface area contributed by atoms with Crippen LogP contribution >= 0.6 is 0 Å². The standard InChI is InChI=1S/C21H22N4O3/c1-24-13-23-18-11-17(12-22-19(18)24)20(26)25-7-5-14(6-8-25)9-15-3-2-4-16(10-15)21(27)28/h2-4,10-14H,5-9H2,1H3,(H,27,28). The van der Waals surface area contributed by atoms with E-state index in [9.17, 15) is 9.59 Å². The number of hydrogen-bond donors (Lipinski definition) is 1. The Morgan fingerprint density at radius 3 is 2.68 bits per heavy atom. The summed E-state index contributed by atoms with van der Waals surface area (Å²) in [6.45, 7) is 1.39.